The van der Waals surface area contributed by atoms with Crippen molar-refractivity contribution < 1.29 is 14.3 Å². The fraction of sp³-hybridized carbons (Fsp3) is 0.400. The van der Waals surface area contributed by atoms with E-state index in [0.717, 1.165) is 30.6 Å². The van der Waals surface area contributed by atoms with Gasteiger partial charge in [-0.1, -0.05) is 42.5 Å². The molecule has 0 aliphatic heterocycles. The quantitative estimate of drug-likeness (QED) is 0.510. The van der Waals surface area contributed by atoms with Crippen LogP contribution in [-0.2, 0) is 16.0 Å². The van der Waals surface area contributed by atoms with Crippen LogP contribution in [0.15, 0.2) is 48.5 Å². The molecule has 2 aromatic rings. The van der Waals surface area contributed by atoms with Gasteiger partial charge in [-0.3, -0.25) is 4.79 Å². The van der Waals surface area contributed by atoms with E-state index in [1.54, 1.807) is 6.92 Å². The Bertz CT molecular complexity index is 875. The fourth-order valence-corrected chi connectivity index (χ4v) is 3.51. The third kappa shape index (κ3) is 5.71. The van der Waals surface area contributed by atoms with Gasteiger partial charge in [-0.05, 0) is 61.4 Å². The topological polar surface area (TPSA) is 87.6 Å². The molecule has 5 heteroatoms. The van der Waals surface area contributed by atoms with Crippen molar-refractivity contribution in [2.45, 2.75) is 44.6 Å². The smallest absolute Gasteiger partial charge is 0.327 e. The molecule has 5 nitrogen and oxygen atoms in total. The Hall–Kier alpha value is -2.63. The maximum Gasteiger partial charge on any atom is 0.327 e. The van der Waals surface area contributed by atoms with Crippen molar-refractivity contribution in [1.29, 1.82) is 0 Å². The molecule has 2 aromatic carbocycles. The van der Waals surface area contributed by atoms with Gasteiger partial charge in [-0.15, -0.1) is 0 Å². The highest BCUT2D eigenvalue weighted by Gasteiger charge is 2.28. The lowest BCUT2D eigenvalue weighted by Gasteiger charge is -2.20. The molecular weight excluding hydrogens is 376 g/mol. The first-order valence-electron chi connectivity index (χ1n) is 10.7. The van der Waals surface area contributed by atoms with Crippen molar-refractivity contribution >= 4 is 17.6 Å². The molecule has 1 aliphatic rings. The molecule has 0 radical (unpaired) electrons. The molecular formula is C25H32N2O3. The van der Waals surface area contributed by atoms with Crippen LogP contribution in [0.4, 0.5) is 0 Å². The van der Waals surface area contributed by atoms with E-state index in [0.29, 0.717) is 13.0 Å². The van der Waals surface area contributed by atoms with Crippen LogP contribution in [0.25, 0.3) is 11.6 Å². The molecule has 0 fully saturated rings. The zero-order chi connectivity index (χ0) is 21.4. The first kappa shape index (κ1) is 22.1. The van der Waals surface area contributed by atoms with Crippen LogP contribution >= 0.6 is 0 Å². The molecule has 0 spiro atoms. The summed E-state index contributed by atoms with van der Waals surface area (Å²) >= 11 is 0. The van der Waals surface area contributed by atoms with Gasteiger partial charge in [0.1, 0.15) is 11.3 Å². The van der Waals surface area contributed by atoms with Gasteiger partial charge in [0, 0.05) is 18.5 Å². The zero-order valence-corrected chi connectivity index (χ0v) is 17.7. The average molecular weight is 409 g/mol. The Labute approximate surface area is 179 Å². The van der Waals surface area contributed by atoms with E-state index in [2.05, 4.69) is 36.4 Å². The highest BCUT2D eigenvalue weighted by Crippen LogP contribution is 2.33. The van der Waals surface area contributed by atoms with Gasteiger partial charge in [0.2, 0.25) is 0 Å². The molecule has 0 heterocycles. The van der Waals surface area contributed by atoms with E-state index in [1.165, 1.54) is 23.1 Å². The standard InChI is InChI=1S/C25H32N2O3/c1-25(27,18-26)24(28)30-16-8-15-29-23-14-7-13-20-11-5-6-12-21(17-22(20)23)19-9-3-2-4-10-19/h2-4,7,9-10,13-14,17H,5-6,8,11-12,15-16,18,26-27H2,1H3/b21-17+. The first-order chi connectivity index (χ1) is 14.5. The average Bonchev–Trinajstić information content (AvgIpc) is 2.74. The van der Waals surface area contributed by atoms with Crippen LogP contribution in [0.2, 0.25) is 0 Å². The largest absolute Gasteiger partial charge is 0.493 e. The van der Waals surface area contributed by atoms with Gasteiger partial charge < -0.3 is 20.9 Å². The van der Waals surface area contributed by atoms with E-state index in [4.69, 9.17) is 20.9 Å². The van der Waals surface area contributed by atoms with E-state index in [-0.39, 0.29) is 13.2 Å². The molecule has 0 bridgehead atoms. The Morgan fingerprint density at radius 2 is 1.80 bits per heavy atom. The van der Waals surface area contributed by atoms with Crippen molar-refractivity contribution in [3.63, 3.8) is 0 Å². The van der Waals surface area contributed by atoms with E-state index in [1.807, 2.05) is 18.2 Å². The minimum atomic E-state index is -1.14. The highest BCUT2D eigenvalue weighted by molar-refractivity contribution is 5.84. The minimum absolute atomic E-state index is 0.0502. The molecule has 0 amide bonds. The van der Waals surface area contributed by atoms with Crippen molar-refractivity contribution in [3.8, 4) is 5.75 Å². The maximum absolute atomic E-state index is 11.9. The van der Waals surface area contributed by atoms with Crippen LogP contribution in [0.3, 0.4) is 0 Å². The Balaban J connectivity index is 1.67. The van der Waals surface area contributed by atoms with E-state index >= 15 is 0 Å². The molecule has 4 N–H and O–H groups in total. The fourth-order valence-electron chi connectivity index (χ4n) is 3.51. The van der Waals surface area contributed by atoms with E-state index in [9.17, 15) is 4.79 Å². The van der Waals surface area contributed by atoms with Gasteiger partial charge in [-0.2, -0.15) is 0 Å². The molecule has 1 aliphatic carbocycles. The Morgan fingerprint density at radius 1 is 1.03 bits per heavy atom. The summed E-state index contributed by atoms with van der Waals surface area (Å²) in [5.74, 6) is 0.394. The number of ether oxygens (including phenoxy) is 2. The van der Waals surface area contributed by atoms with Crippen LogP contribution in [0.1, 0.15) is 49.3 Å². The lowest BCUT2D eigenvalue weighted by molar-refractivity contribution is -0.149. The molecule has 0 aromatic heterocycles. The summed E-state index contributed by atoms with van der Waals surface area (Å²) < 4.78 is 11.3. The van der Waals surface area contributed by atoms with Crippen molar-refractivity contribution in [3.05, 3.63) is 65.2 Å². The highest BCUT2D eigenvalue weighted by atomic mass is 16.5. The van der Waals surface area contributed by atoms with Crippen molar-refractivity contribution in [1.82, 2.24) is 0 Å². The lowest BCUT2D eigenvalue weighted by atomic mass is 9.90. The number of carbonyl (C=O) groups excluding carboxylic acids is 1. The number of benzene rings is 2. The summed E-state index contributed by atoms with van der Waals surface area (Å²) in [7, 11) is 0. The summed E-state index contributed by atoms with van der Waals surface area (Å²) in [5.41, 5.74) is 15.2. The number of allylic oxidation sites excluding steroid dienone is 1. The molecule has 1 atom stereocenters. The first-order valence-corrected chi connectivity index (χ1v) is 10.7. The minimum Gasteiger partial charge on any atom is -0.493 e. The molecule has 1 unspecified atom stereocenters. The van der Waals surface area contributed by atoms with Crippen LogP contribution in [-0.4, -0.2) is 31.3 Å². The second-order valence-electron chi connectivity index (χ2n) is 8.03. The summed E-state index contributed by atoms with van der Waals surface area (Å²) in [5, 5.41) is 0. The van der Waals surface area contributed by atoms with Crippen LogP contribution in [0, 0.1) is 0 Å². The number of esters is 1. The van der Waals surface area contributed by atoms with Crippen molar-refractivity contribution in [2.24, 2.45) is 11.5 Å². The maximum atomic E-state index is 11.9. The van der Waals surface area contributed by atoms with Crippen LogP contribution in [0.5, 0.6) is 5.75 Å². The molecule has 30 heavy (non-hydrogen) atoms. The third-order valence-corrected chi connectivity index (χ3v) is 5.43. The Kier molecular flexibility index (Phi) is 7.66. The number of hydrogen-bond acceptors (Lipinski definition) is 5. The van der Waals surface area contributed by atoms with Gasteiger partial charge in [0.25, 0.3) is 0 Å². The third-order valence-electron chi connectivity index (χ3n) is 5.43. The number of carbonyl (C=O) groups is 1. The van der Waals surface area contributed by atoms with Gasteiger partial charge >= 0.3 is 5.97 Å². The predicted molar refractivity (Wildman–Crippen MR) is 121 cm³/mol. The Morgan fingerprint density at radius 3 is 2.57 bits per heavy atom. The molecule has 160 valence electrons. The number of rotatable bonds is 8. The molecule has 0 saturated heterocycles. The van der Waals surface area contributed by atoms with Gasteiger partial charge in [-0.25, -0.2) is 0 Å². The summed E-state index contributed by atoms with van der Waals surface area (Å²) in [6.45, 7) is 2.34. The second kappa shape index (κ2) is 10.4. The molecule has 3 rings (SSSR count). The van der Waals surface area contributed by atoms with Gasteiger partial charge in [0.15, 0.2) is 0 Å². The number of aryl methyl sites for hydroxylation is 1. The second-order valence-corrected chi connectivity index (χ2v) is 8.03. The zero-order valence-electron chi connectivity index (χ0n) is 17.7. The lowest BCUT2D eigenvalue weighted by Crippen LogP contribution is -2.52. The number of nitrogens with two attached hydrogens (primary N) is 2. The number of hydrogen-bond donors (Lipinski definition) is 2. The monoisotopic (exact) mass is 408 g/mol. The summed E-state index contributed by atoms with van der Waals surface area (Å²) in [4.78, 5) is 11.9. The normalized spacial score (nSPS) is 17.5. The van der Waals surface area contributed by atoms with Crippen molar-refractivity contribution in [2.75, 3.05) is 19.8 Å². The van der Waals surface area contributed by atoms with Crippen LogP contribution < -0.4 is 16.2 Å². The molecule has 0 saturated carbocycles. The summed E-state index contributed by atoms with van der Waals surface area (Å²) in [6.07, 6.45) is 7.32. The van der Waals surface area contributed by atoms with Gasteiger partial charge in [0.05, 0.1) is 13.2 Å². The summed E-state index contributed by atoms with van der Waals surface area (Å²) in [6, 6.07) is 16.8. The SMILES string of the molecule is CC(N)(CN)C(=O)OCCCOc1cccc2c1/C=C(/c1ccccc1)CCCC2. The van der Waals surface area contributed by atoms with E-state index < -0.39 is 11.5 Å². The number of fused-ring (bicyclic) bond motifs is 1. The predicted octanol–water partition coefficient (Wildman–Crippen LogP) is 3.94.